The van der Waals surface area contributed by atoms with Gasteiger partial charge in [0.25, 0.3) is 0 Å². The van der Waals surface area contributed by atoms with Crippen LogP contribution in [-0.2, 0) is 11.3 Å². The van der Waals surface area contributed by atoms with Crippen LogP contribution in [0.15, 0.2) is 18.5 Å². The minimum absolute atomic E-state index is 0.238. The highest BCUT2D eigenvalue weighted by molar-refractivity contribution is 5.66. The third-order valence-electron chi connectivity index (χ3n) is 3.65. The zero-order valence-electron chi connectivity index (χ0n) is 11.4. The maximum atomic E-state index is 10.5. The normalized spacial score (nSPS) is 17.5. The Morgan fingerprint density at radius 2 is 2.00 bits per heavy atom. The Labute approximate surface area is 113 Å². The molecule has 1 aromatic rings. The monoisotopic (exact) mass is 263 g/mol. The number of nitrogens with zero attached hydrogens (tertiary/aromatic N) is 3. The van der Waals surface area contributed by atoms with E-state index in [1.54, 1.807) is 0 Å². The van der Waals surface area contributed by atoms with Gasteiger partial charge in [-0.2, -0.15) is 0 Å². The molecule has 2 rings (SSSR count). The van der Waals surface area contributed by atoms with E-state index in [0.717, 1.165) is 32.7 Å². The molecule has 2 heterocycles. The fourth-order valence-electron chi connectivity index (χ4n) is 2.33. The summed E-state index contributed by atoms with van der Waals surface area (Å²) in [7, 11) is 0. The van der Waals surface area contributed by atoms with Crippen molar-refractivity contribution in [2.45, 2.75) is 19.9 Å². The van der Waals surface area contributed by atoms with Gasteiger partial charge in [0.15, 0.2) is 0 Å². The number of pyridine rings is 1. The molecule has 0 radical (unpaired) electrons. The van der Waals surface area contributed by atoms with Crippen LogP contribution in [0.5, 0.6) is 0 Å². The van der Waals surface area contributed by atoms with Gasteiger partial charge in [0.1, 0.15) is 0 Å². The highest BCUT2D eigenvalue weighted by atomic mass is 16.4. The Morgan fingerprint density at radius 1 is 1.32 bits per heavy atom. The van der Waals surface area contributed by atoms with Gasteiger partial charge in [-0.05, 0) is 24.1 Å². The maximum Gasteiger partial charge on any atom is 0.304 e. The van der Waals surface area contributed by atoms with Gasteiger partial charge in [-0.1, -0.05) is 0 Å². The molecule has 1 fully saturated rings. The van der Waals surface area contributed by atoms with Gasteiger partial charge in [0, 0.05) is 51.7 Å². The molecule has 1 aliphatic heterocycles. The number of hydrogen-bond donors (Lipinski definition) is 1. The quantitative estimate of drug-likeness (QED) is 0.858. The van der Waals surface area contributed by atoms with Crippen molar-refractivity contribution in [2.24, 2.45) is 0 Å². The minimum Gasteiger partial charge on any atom is -0.481 e. The van der Waals surface area contributed by atoms with Gasteiger partial charge >= 0.3 is 5.97 Å². The summed E-state index contributed by atoms with van der Waals surface area (Å²) in [6.07, 6.45) is 4.00. The molecule has 19 heavy (non-hydrogen) atoms. The lowest BCUT2D eigenvalue weighted by Crippen LogP contribution is -2.46. The first-order valence-corrected chi connectivity index (χ1v) is 6.71. The molecule has 0 unspecified atom stereocenters. The molecule has 1 saturated heterocycles. The number of aryl methyl sites for hydroxylation is 1. The molecular weight excluding hydrogens is 242 g/mol. The predicted molar refractivity (Wildman–Crippen MR) is 72.9 cm³/mol. The molecular formula is C14H21N3O2. The van der Waals surface area contributed by atoms with Crippen molar-refractivity contribution < 1.29 is 9.90 Å². The number of aromatic nitrogens is 1. The molecule has 0 atom stereocenters. The molecule has 1 aromatic heterocycles. The topological polar surface area (TPSA) is 56.7 Å². The number of hydrogen-bond acceptors (Lipinski definition) is 4. The average molecular weight is 263 g/mol. The smallest absolute Gasteiger partial charge is 0.304 e. The van der Waals surface area contributed by atoms with Gasteiger partial charge < -0.3 is 10.0 Å². The van der Waals surface area contributed by atoms with E-state index in [2.05, 4.69) is 21.7 Å². The van der Waals surface area contributed by atoms with Crippen LogP contribution in [0, 0.1) is 6.92 Å². The summed E-state index contributed by atoms with van der Waals surface area (Å²) in [5.41, 5.74) is 2.56. The number of carboxylic acids is 1. The van der Waals surface area contributed by atoms with Crippen LogP contribution >= 0.6 is 0 Å². The Kier molecular flexibility index (Phi) is 4.87. The molecule has 104 valence electrons. The van der Waals surface area contributed by atoms with E-state index in [1.807, 2.05) is 18.5 Å². The van der Waals surface area contributed by atoms with E-state index in [0.29, 0.717) is 6.54 Å². The lowest BCUT2D eigenvalue weighted by atomic mass is 10.1. The number of carbonyl (C=O) groups is 1. The van der Waals surface area contributed by atoms with E-state index in [4.69, 9.17) is 5.11 Å². The van der Waals surface area contributed by atoms with E-state index < -0.39 is 5.97 Å². The minimum atomic E-state index is -0.714. The van der Waals surface area contributed by atoms with Gasteiger partial charge in [-0.3, -0.25) is 14.7 Å². The van der Waals surface area contributed by atoms with Crippen LogP contribution < -0.4 is 0 Å². The van der Waals surface area contributed by atoms with E-state index in [1.165, 1.54) is 11.1 Å². The standard InChI is InChI=1S/C14H21N3O2/c1-12-2-4-15-10-13(12)11-17-8-6-16(7-9-17)5-3-14(18)19/h2,4,10H,3,5-9,11H2,1H3,(H,18,19). The van der Waals surface area contributed by atoms with Crippen LogP contribution in [0.1, 0.15) is 17.5 Å². The van der Waals surface area contributed by atoms with Gasteiger partial charge in [0.05, 0.1) is 6.42 Å². The molecule has 0 aliphatic carbocycles. The number of piperazine rings is 1. The second-order valence-electron chi connectivity index (χ2n) is 5.06. The third-order valence-corrected chi connectivity index (χ3v) is 3.65. The Morgan fingerprint density at radius 3 is 2.63 bits per heavy atom. The van der Waals surface area contributed by atoms with Gasteiger partial charge in [-0.15, -0.1) is 0 Å². The second kappa shape index (κ2) is 6.63. The summed E-state index contributed by atoms with van der Waals surface area (Å²) in [5.74, 6) is -0.714. The van der Waals surface area contributed by atoms with E-state index in [9.17, 15) is 4.79 Å². The molecule has 0 spiro atoms. The summed E-state index contributed by atoms with van der Waals surface area (Å²) in [5, 5.41) is 8.68. The molecule has 0 saturated carbocycles. The lowest BCUT2D eigenvalue weighted by molar-refractivity contribution is -0.137. The maximum absolute atomic E-state index is 10.5. The van der Waals surface area contributed by atoms with E-state index >= 15 is 0 Å². The zero-order valence-corrected chi connectivity index (χ0v) is 11.4. The summed E-state index contributed by atoms with van der Waals surface area (Å²) in [6, 6.07) is 2.04. The van der Waals surface area contributed by atoms with Gasteiger partial charge in [0.2, 0.25) is 0 Å². The molecule has 0 aromatic carbocycles. The van der Waals surface area contributed by atoms with Crippen LogP contribution in [0.25, 0.3) is 0 Å². The highest BCUT2D eigenvalue weighted by Crippen LogP contribution is 2.11. The van der Waals surface area contributed by atoms with Crippen molar-refractivity contribution in [1.82, 2.24) is 14.8 Å². The third kappa shape index (κ3) is 4.29. The fraction of sp³-hybridized carbons (Fsp3) is 0.571. The lowest BCUT2D eigenvalue weighted by Gasteiger charge is -2.34. The molecule has 5 nitrogen and oxygen atoms in total. The summed E-state index contributed by atoms with van der Waals surface area (Å²) in [4.78, 5) is 19.3. The first-order chi connectivity index (χ1) is 9.15. The van der Waals surface area contributed by atoms with Crippen molar-refractivity contribution in [3.05, 3.63) is 29.6 Å². The van der Waals surface area contributed by atoms with Crippen LogP contribution in [0.2, 0.25) is 0 Å². The second-order valence-corrected chi connectivity index (χ2v) is 5.06. The van der Waals surface area contributed by atoms with Crippen molar-refractivity contribution in [2.75, 3.05) is 32.7 Å². The Balaban J connectivity index is 1.77. The molecule has 1 aliphatic rings. The van der Waals surface area contributed by atoms with Crippen LogP contribution in [-0.4, -0.2) is 58.6 Å². The van der Waals surface area contributed by atoms with E-state index in [-0.39, 0.29) is 6.42 Å². The first-order valence-electron chi connectivity index (χ1n) is 6.71. The summed E-state index contributed by atoms with van der Waals surface area (Å²) in [6.45, 7) is 7.60. The van der Waals surface area contributed by atoms with Gasteiger partial charge in [-0.25, -0.2) is 0 Å². The number of carboxylic acid groups (broad SMARTS) is 1. The number of aliphatic carboxylic acids is 1. The summed E-state index contributed by atoms with van der Waals surface area (Å²) >= 11 is 0. The van der Waals surface area contributed by atoms with Crippen molar-refractivity contribution in [3.8, 4) is 0 Å². The SMILES string of the molecule is Cc1ccncc1CN1CCN(CCC(=O)O)CC1. The largest absolute Gasteiger partial charge is 0.481 e. The Bertz CT molecular complexity index is 428. The first kappa shape index (κ1) is 14.0. The summed E-state index contributed by atoms with van der Waals surface area (Å²) < 4.78 is 0. The van der Waals surface area contributed by atoms with Crippen molar-refractivity contribution >= 4 is 5.97 Å². The average Bonchev–Trinajstić information content (AvgIpc) is 2.40. The molecule has 1 N–H and O–H groups in total. The highest BCUT2D eigenvalue weighted by Gasteiger charge is 2.17. The van der Waals surface area contributed by atoms with Crippen LogP contribution in [0.4, 0.5) is 0 Å². The van der Waals surface area contributed by atoms with Crippen LogP contribution in [0.3, 0.4) is 0 Å². The molecule has 0 bridgehead atoms. The van der Waals surface area contributed by atoms with Crippen molar-refractivity contribution in [3.63, 3.8) is 0 Å². The predicted octanol–water partition coefficient (Wildman–Crippen LogP) is 0.982. The van der Waals surface area contributed by atoms with Crippen molar-refractivity contribution in [1.29, 1.82) is 0 Å². The molecule has 5 heteroatoms. The zero-order chi connectivity index (χ0) is 13.7. The molecule has 0 amide bonds. The number of rotatable bonds is 5. The fourth-order valence-corrected chi connectivity index (χ4v) is 2.33. The Hall–Kier alpha value is -1.46.